The number of nitriles is 1. The van der Waals surface area contributed by atoms with Crippen molar-refractivity contribution in [2.24, 2.45) is 0 Å². The molecule has 1 aromatic heterocycles. The molecule has 0 aliphatic heterocycles. The molecule has 0 fully saturated rings. The van der Waals surface area contributed by atoms with Gasteiger partial charge in [0, 0.05) is 24.5 Å². The van der Waals surface area contributed by atoms with Crippen molar-refractivity contribution in [1.29, 1.82) is 5.26 Å². The minimum atomic E-state index is -0.489. The van der Waals surface area contributed by atoms with Crippen LogP contribution in [0.1, 0.15) is 29.4 Å². The standard InChI is InChI=1S/C16H18FN3/c1-4-20-11(2)8-13(12(20)3)10-19-16-7-5-6-15(17)14(16)9-18/h5-8,19H,4,10H2,1-3H3. The van der Waals surface area contributed by atoms with Gasteiger partial charge in [-0.3, -0.25) is 0 Å². The Kier molecular flexibility index (Phi) is 4.09. The van der Waals surface area contributed by atoms with E-state index >= 15 is 0 Å². The van der Waals surface area contributed by atoms with Gasteiger partial charge in [-0.25, -0.2) is 4.39 Å². The molecule has 0 saturated heterocycles. The number of hydrogen-bond donors (Lipinski definition) is 1. The van der Waals surface area contributed by atoms with Crippen LogP contribution in [0.15, 0.2) is 24.3 Å². The zero-order chi connectivity index (χ0) is 14.7. The predicted molar refractivity (Wildman–Crippen MR) is 78.0 cm³/mol. The summed E-state index contributed by atoms with van der Waals surface area (Å²) in [6, 6.07) is 8.65. The summed E-state index contributed by atoms with van der Waals surface area (Å²) in [5, 5.41) is 12.2. The number of hydrogen-bond acceptors (Lipinski definition) is 2. The Morgan fingerprint density at radius 1 is 1.35 bits per heavy atom. The van der Waals surface area contributed by atoms with Crippen molar-refractivity contribution in [3.8, 4) is 6.07 Å². The van der Waals surface area contributed by atoms with Gasteiger partial charge in [-0.15, -0.1) is 0 Å². The van der Waals surface area contributed by atoms with Crippen LogP contribution in [0, 0.1) is 31.0 Å². The first-order chi connectivity index (χ1) is 9.58. The Morgan fingerprint density at radius 3 is 2.70 bits per heavy atom. The van der Waals surface area contributed by atoms with Gasteiger partial charge in [-0.2, -0.15) is 5.26 Å². The Balaban J connectivity index is 2.22. The molecule has 2 aromatic rings. The molecule has 1 N–H and O–H groups in total. The number of nitrogens with zero attached hydrogens (tertiary/aromatic N) is 2. The molecule has 0 unspecified atom stereocenters. The van der Waals surface area contributed by atoms with Crippen molar-refractivity contribution in [3.63, 3.8) is 0 Å². The van der Waals surface area contributed by atoms with E-state index in [0.717, 1.165) is 12.1 Å². The number of aryl methyl sites for hydroxylation is 1. The van der Waals surface area contributed by atoms with E-state index in [9.17, 15) is 4.39 Å². The maximum absolute atomic E-state index is 13.5. The van der Waals surface area contributed by atoms with E-state index in [1.165, 1.54) is 17.5 Å². The average molecular weight is 271 g/mol. The summed E-state index contributed by atoms with van der Waals surface area (Å²) in [5.41, 5.74) is 4.18. The molecule has 0 aliphatic carbocycles. The molecule has 104 valence electrons. The fourth-order valence-electron chi connectivity index (χ4n) is 2.51. The third-order valence-electron chi connectivity index (χ3n) is 3.59. The Labute approximate surface area is 118 Å². The molecule has 0 aliphatic rings. The number of rotatable bonds is 4. The molecule has 0 atom stereocenters. The molecule has 0 radical (unpaired) electrons. The third kappa shape index (κ3) is 2.53. The quantitative estimate of drug-likeness (QED) is 0.920. The van der Waals surface area contributed by atoms with E-state index in [1.807, 2.05) is 6.07 Å². The Morgan fingerprint density at radius 2 is 2.10 bits per heavy atom. The second-order valence-electron chi connectivity index (χ2n) is 4.77. The molecule has 3 nitrogen and oxygen atoms in total. The molecule has 0 bridgehead atoms. The SMILES string of the molecule is CCn1c(C)cc(CNc2cccc(F)c2C#N)c1C. The highest BCUT2D eigenvalue weighted by atomic mass is 19.1. The average Bonchev–Trinajstić information content (AvgIpc) is 2.70. The number of benzene rings is 1. The second-order valence-corrected chi connectivity index (χ2v) is 4.77. The number of halogens is 1. The van der Waals surface area contributed by atoms with Crippen molar-refractivity contribution in [2.75, 3.05) is 5.32 Å². The van der Waals surface area contributed by atoms with Crippen LogP contribution in [0.5, 0.6) is 0 Å². The van der Waals surface area contributed by atoms with E-state index in [0.29, 0.717) is 12.2 Å². The van der Waals surface area contributed by atoms with Gasteiger partial charge in [0.2, 0.25) is 0 Å². The second kappa shape index (κ2) is 5.79. The lowest BCUT2D eigenvalue weighted by atomic mass is 10.1. The molecule has 1 heterocycles. The van der Waals surface area contributed by atoms with Gasteiger partial charge in [0.1, 0.15) is 17.4 Å². The van der Waals surface area contributed by atoms with Gasteiger partial charge in [-0.1, -0.05) is 6.07 Å². The highest BCUT2D eigenvalue weighted by Gasteiger charge is 2.10. The summed E-state index contributed by atoms with van der Waals surface area (Å²) in [7, 11) is 0. The molecule has 4 heteroatoms. The van der Waals surface area contributed by atoms with Crippen LogP contribution in [0.25, 0.3) is 0 Å². The summed E-state index contributed by atoms with van der Waals surface area (Å²) in [6.07, 6.45) is 0. The van der Waals surface area contributed by atoms with E-state index in [4.69, 9.17) is 5.26 Å². The van der Waals surface area contributed by atoms with Crippen molar-refractivity contribution in [2.45, 2.75) is 33.9 Å². The lowest BCUT2D eigenvalue weighted by molar-refractivity contribution is 0.624. The van der Waals surface area contributed by atoms with Gasteiger partial charge >= 0.3 is 0 Å². The number of nitrogens with one attached hydrogen (secondary N) is 1. The van der Waals surface area contributed by atoms with Crippen molar-refractivity contribution >= 4 is 5.69 Å². The van der Waals surface area contributed by atoms with Gasteiger partial charge < -0.3 is 9.88 Å². The number of anilines is 1. The lowest BCUT2D eigenvalue weighted by Crippen LogP contribution is -2.04. The molecular weight excluding hydrogens is 253 g/mol. The predicted octanol–water partition coefficient (Wildman–Crippen LogP) is 3.75. The highest BCUT2D eigenvalue weighted by molar-refractivity contribution is 5.58. The van der Waals surface area contributed by atoms with Crippen molar-refractivity contribution in [1.82, 2.24) is 4.57 Å². The molecular formula is C16H18FN3. The zero-order valence-corrected chi connectivity index (χ0v) is 12.0. The number of aromatic nitrogens is 1. The van der Waals surface area contributed by atoms with Crippen LogP contribution < -0.4 is 5.32 Å². The van der Waals surface area contributed by atoms with Crippen LogP contribution in [0.2, 0.25) is 0 Å². The fourth-order valence-corrected chi connectivity index (χ4v) is 2.51. The third-order valence-corrected chi connectivity index (χ3v) is 3.59. The zero-order valence-electron chi connectivity index (χ0n) is 12.0. The van der Waals surface area contributed by atoms with Gasteiger partial charge in [0.15, 0.2) is 0 Å². The molecule has 20 heavy (non-hydrogen) atoms. The normalized spacial score (nSPS) is 10.3. The lowest BCUT2D eigenvalue weighted by Gasteiger charge is -2.09. The summed E-state index contributed by atoms with van der Waals surface area (Å²) >= 11 is 0. The Bertz CT molecular complexity index is 665. The first-order valence-corrected chi connectivity index (χ1v) is 6.66. The largest absolute Gasteiger partial charge is 0.380 e. The monoisotopic (exact) mass is 271 g/mol. The highest BCUT2D eigenvalue weighted by Crippen LogP contribution is 2.21. The van der Waals surface area contributed by atoms with E-state index in [2.05, 4.69) is 36.7 Å². The van der Waals surface area contributed by atoms with Gasteiger partial charge in [0.25, 0.3) is 0 Å². The summed E-state index contributed by atoms with van der Waals surface area (Å²) in [5.74, 6) is -0.489. The van der Waals surface area contributed by atoms with Crippen LogP contribution in [0.3, 0.4) is 0 Å². The first kappa shape index (κ1) is 14.1. The van der Waals surface area contributed by atoms with Crippen LogP contribution in [-0.4, -0.2) is 4.57 Å². The topological polar surface area (TPSA) is 40.8 Å². The molecule has 0 amide bonds. The molecule has 1 aromatic carbocycles. The van der Waals surface area contributed by atoms with Crippen LogP contribution in [0.4, 0.5) is 10.1 Å². The Hall–Kier alpha value is -2.28. The van der Waals surface area contributed by atoms with Gasteiger partial charge in [0.05, 0.1) is 5.69 Å². The minimum Gasteiger partial charge on any atom is -0.380 e. The smallest absolute Gasteiger partial charge is 0.143 e. The fraction of sp³-hybridized carbons (Fsp3) is 0.312. The summed E-state index contributed by atoms with van der Waals surface area (Å²) in [6.45, 7) is 7.77. The maximum atomic E-state index is 13.5. The summed E-state index contributed by atoms with van der Waals surface area (Å²) < 4.78 is 15.7. The molecule has 2 rings (SSSR count). The van der Waals surface area contributed by atoms with Crippen molar-refractivity contribution < 1.29 is 4.39 Å². The minimum absolute atomic E-state index is 0.0665. The van der Waals surface area contributed by atoms with Gasteiger partial charge in [-0.05, 0) is 44.5 Å². The molecule has 0 spiro atoms. The molecule has 0 saturated carbocycles. The van der Waals surface area contributed by atoms with E-state index in [-0.39, 0.29) is 5.56 Å². The van der Waals surface area contributed by atoms with Crippen LogP contribution in [-0.2, 0) is 13.1 Å². The van der Waals surface area contributed by atoms with E-state index in [1.54, 1.807) is 12.1 Å². The summed E-state index contributed by atoms with van der Waals surface area (Å²) in [4.78, 5) is 0. The van der Waals surface area contributed by atoms with E-state index < -0.39 is 5.82 Å². The van der Waals surface area contributed by atoms with Crippen molar-refractivity contribution in [3.05, 3.63) is 52.6 Å². The maximum Gasteiger partial charge on any atom is 0.143 e. The first-order valence-electron chi connectivity index (χ1n) is 6.66. The van der Waals surface area contributed by atoms with Crippen LogP contribution >= 0.6 is 0 Å².